The number of ether oxygens (including phenoxy) is 1. The third-order valence-electron chi connectivity index (χ3n) is 2.00. The number of halogens is 1. The SMILES string of the molecule is NC1CC(Oc2ncc(Cl)cn2)C1. The van der Waals surface area contributed by atoms with E-state index in [4.69, 9.17) is 22.1 Å². The van der Waals surface area contributed by atoms with Crippen LogP contribution in [-0.4, -0.2) is 22.1 Å². The number of nitrogens with zero attached hydrogens (tertiary/aromatic N) is 2. The molecule has 0 aromatic carbocycles. The van der Waals surface area contributed by atoms with Crippen molar-refractivity contribution in [1.29, 1.82) is 0 Å². The van der Waals surface area contributed by atoms with Crippen LogP contribution in [0.1, 0.15) is 12.8 Å². The fraction of sp³-hybridized carbons (Fsp3) is 0.500. The zero-order valence-electron chi connectivity index (χ0n) is 6.98. The van der Waals surface area contributed by atoms with Crippen LogP contribution in [-0.2, 0) is 0 Å². The van der Waals surface area contributed by atoms with Crippen LogP contribution in [0.2, 0.25) is 5.02 Å². The maximum absolute atomic E-state index is 5.62. The van der Waals surface area contributed by atoms with E-state index in [0.29, 0.717) is 11.0 Å². The molecule has 13 heavy (non-hydrogen) atoms. The van der Waals surface area contributed by atoms with Crippen LogP contribution in [0.3, 0.4) is 0 Å². The number of rotatable bonds is 2. The molecule has 2 rings (SSSR count). The lowest BCUT2D eigenvalue weighted by Gasteiger charge is -2.31. The molecule has 0 saturated heterocycles. The highest BCUT2D eigenvalue weighted by Gasteiger charge is 2.28. The maximum atomic E-state index is 5.62. The second-order valence-corrected chi connectivity index (χ2v) is 3.59. The largest absolute Gasteiger partial charge is 0.460 e. The number of nitrogens with two attached hydrogens (primary N) is 1. The standard InChI is InChI=1S/C8H10ClN3O/c9-5-3-11-8(12-4-5)13-7-1-6(10)2-7/h3-4,6-7H,1-2,10H2. The molecule has 0 radical (unpaired) electrons. The first-order valence-electron chi connectivity index (χ1n) is 4.14. The van der Waals surface area contributed by atoms with Gasteiger partial charge in [-0.05, 0) is 12.8 Å². The van der Waals surface area contributed by atoms with E-state index in [9.17, 15) is 0 Å². The molecule has 1 aromatic heterocycles. The topological polar surface area (TPSA) is 61.0 Å². The fourth-order valence-electron chi connectivity index (χ4n) is 1.21. The van der Waals surface area contributed by atoms with E-state index in [2.05, 4.69) is 9.97 Å². The zero-order chi connectivity index (χ0) is 9.26. The van der Waals surface area contributed by atoms with E-state index in [1.807, 2.05) is 0 Å². The van der Waals surface area contributed by atoms with E-state index < -0.39 is 0 Å². The first kappa shape index (κ1) is 8.72. The monoisotopic (exact) mass is 199 g/mol. The Bertz CT molecular complexity index is 284. The summed E-state index contributed by atoms with van der Waals surface area (Å²) >= 11 is 5.62. The molecular weight excluding hydrogens is 190 g/mol. The van der Waals surface area contributed by atoms with Crippen LogP contribution in [0.4, 0.5) is 0 Å². The minimum absolute atomic E-state index is 0.177. The molecule has 1 aliphatic carbocycles. The minimum Gasteiger partial charge on any atom is -0.460 e. The predicted molar refractivity (Wildman–Crippen MR) is 48.7 cm³/mol. The molecule has 0 amide bonds. The number of hydrogen-bond donors (Lipinski definition) is 1. The van der Waals surface area contributed by atoms with Crippen LogP contribution in [0.25, 0.3) is 0 Å². The van der Waals surface area contributed by atoms with Crippen LogP contribution in [0, 0.1) is 0 Å². The summed E-state index contributed by atoms with van der Waals surface area (Å²) in [6.07, 6.45) is 4.97. The van der Waals surface area contributed by atoms with Crippen LogP contribution in [0.15, 0.2) is 12.4 Å². The Morgan fingerprint density at radius 1 is 1.38 bits per heavy atom. The highest BCUT2D eigenvalue weighted by atomic mass is 35.5. The number of hydrogen-bond acceptors (Lipinski definition) is 4. The average molecular weight is 200 g/mol. The Kier molecular flexibility index (Phi) is 2.33. The molecule has 0 bridgehead atoms. The van der Waals surface area contributed by atoms with Gasteiger partial charge in [-0.25, -0.2) is 9.97 Å². The highest BCUT2D eigenvalue weighted by molar-refractivity contribution is 6.30. The molecule has 0 spiro atoms. The molecule has 0 unspecified atom stereocenters. The van der Waals surface area contributed by atoms with Crippen molar-refractivity contribution in [2.75, 3.05) is 0 Å². The van der Waals surface area contributed by atoms with Gasteiger partial charge < -0.3 is 10.5 Å². The van der Waals surface area contributed by atoms with Crippen molar-refractivity contribution in [3.63, 3.8) is 0 Å². The second kappa shape index (κ2) is 3.47. The quantitative estimate of drug-likeness (QED) is 0.772. The van der Waals surface area contributed by atoms with Gasteiger partial charge in [0.2, 0.25) is 0 Å². The van der Waals surface area contributed by atoms with Gasteiger partial charge in [0, 0.05) is 6.04 Å². The van der Waals surface area contributed by atoms with Gasteiger partial charge in [-0.1, -0.05) is 11.6 Å². The summed E-state index contributed by atoms with van der Waals surface area (Å²) in [4.78, 5) is 7.84. The van der Waals surface area contributed by atoms with E-state index in [1.54, 1.807) is 0 Å². The third kappa shape index (κ3) is 2.08. The predicted octanol–water partition coefficient (Wildman–Crippen LogP) is 0.998. The lowest BCUT2D eigenvalue weighted by molar-refractivity contribution is 0.0904. The molecule has 0 aliphatic heterocycles. The summed E-state index contributed by atoms with van der Waals surface area (Å²) in [5.41, 5.74) is 5.60. The van der Waals surface area contributed by atoms with Crippen molar-refractivity contribution in [3.8, 4) is 6.01 Å². The highest BCUT2D eigenvalue weighted by Crippen LogP contribution is 2.22. The molecule has 1 aromatic rings. The van der Waals surface area contributed by atoms with Gasteiger partial charge in [-0.3, -0.25) is 0 Å². The first-order chi connectivity index (χ1) is 6.24. The van der Waals surface area contributed by atoms with E-state index in [-0.39, 0.29) is 12.1 Å². The summed E-state index contributed by atoms with van der Waals surface area (Å²) in [6.45, 7) is 0. The van der Waals surface area contributed by atoms with Gasteiger partial charge in [0.15, 0.2) is 0 Å². The normalized spacial score (nSPS) is 26.6. The van der Waals surface area contributed by atoms with E-state index >= 15 is 0 Å². The second-order valence-electron chi connectivity index (χ2n) is 3.16. The Hall–Kier alpha value is -0.870. The lowest BCUT2D eigenvalue weighted by atomic mass is 9.90. The van der Waals surface area contributed by atoms with Crippen molar-refractivity contribution >= 4 is 11.6 Å². The maximum Gasteiger partial charge on any atom is 0.316 e. The van der Waals surface area contributed by atoms with Gasteiger partial charge in [0.25, 0.3) is 0 Å². The molecule has 5 heteroatoms. The van der Waals surface area contributed by atoms with Crippen molar-refractivity contribution < 1.29 is 4.74 Å². The van der Waals surface area contributed by atoms with Gasteiger partial charge in [-0.15, -0.1) is 0 Å². The van der Waals surface area contributed by atoms with Gasteiger partial charge in [0.1, 0.15) is 6.10 Å². The summed E-state index contributed by atoms with van der Waals surface area (Å²) in [7, 11) is 0. The Labute approximate surface area is 81.1 Å². The molecule has 4 nitrogen and oxygen atoms in total. The Balaban J connectivity index is 1.91. The molecular formula is C8H10ClN3O. The van der Waals surface area contributed by atoms with Gasteiger partial charge in [0.05, 0.1) is 17.4 Å². The van der Waals surface area contributed by atoms with E-state index in [0.717, 1.165) is 12.8 Å². The Morgan fingerprint density at radius 2 is 2.00 bits per heavy atom. The minimum atomic E-state index is 0.177. The lowest BCUT2D eigenvalue weighted by Crippen LogP contribution is -2.43. The first-order valence-corrected chi connectivity index (χ1v) is 4.51. The summed E-state index contributed by atoms with van der Waals surface area (Å²) < 4.78 is 5.41. The fourth-order valence-corrected chi connectivity index (χ4v) is 1.31. The molecule has 1 saturated carbocycles. The van der Waals surface area contributed by atoms with Crippen LogP contribution in [0.5, 0.6) is 6.01 Å². The average Bonchev–Trinajstić information content (AvgIpc) is 2.06. The zero-order valence-corrected chi connectivity index (χ0v) is 7.74. The van der Waals surface area contributed by atoms with Crippen molar-refractivity contribution in [2.24, 2.45) is 5.73 Å². The number of aromatic nitrogens is 2. The van der Waals surface area contributed by atoms with Crippen molar-refractivity contribution in [3.05, 3.63) is 17.4 Å². The molecule has 1 heterocycles. The van der Waals surface area contributed by atoms with E-state index in [1.165, 1.54) is 12.4 Å². The van der Waals surface area contributed by atoms with Crippen LogP contribution < -0.4 is 10.5 Å². The van der Waals surface area contributed by atoms with Gasteiger partial charge in [-0.2, -0.15) is 0 Å². The van der Waals surface area contributed by atoms with Crippen LogP contribution >= 0.6 is 11.6 Å². The summed E-state index contributed by atoms with van der Waals surface area (Å²) in [5, 5.41) is 0.512. The third-order valence-corrected chi connectivity index (χ3v) is 2.20. The molecule has 1 fully saturated rings. The molecule has 70 valence electrons. The molecule has 1 aliphatic rings. The van der Waals surface area contributed by atoms with Crippen molar-refractivity contribution in [1.82, 2.24) is 9.97 Å². The summed E-state index contributed by atoms with van der Waals surface area (Å²) in [6, 6.07) is 0.651. The molecule has 0 atom stereocenters. The van der Waals surface area contributed by atoms with Gasteiger partial charge >= 0.3 is 6.01 Å². The Morgan fingerprint density at radius 3 is 2.54 bits per heavy atom. The smallest absolute Gasteiger partial charge is 0.316 e. The van der Waals surface area contributed by atoms with Crippen molar-refractivity contribution in [2.45, 2.75) is 25.0 Å². The molecule has 2 N–H and O–H groups in total. The summed E-state index contributed by atoms with van der Waals surface area (Å²) in [5.74, 6) is 0.